The maximum absolute atomic E-state index is 12.8. The Morgan fingerprint density at radius 3 is 2.22 bits per heavy atom. The standard InChI is InChI=1S/C21H22ClN3O5S2/c22-18-9-8-17(31-18)21(28)24-16-12-32(29,30)11-15(16)23-20(27)13-4-6-14(7-5-13)25-10-2-1-3-19(25)26/h4-9,15-16H,1-3,10-12H2,(H,23,27)(H,24,28)/t15-,16+/m1/s1. The van der Waals surface area contributed by atoms with Gasteiger partial charge in [-0.05, 0) is 49.2 Å². The van der Waals surface area contributed by atoms with Crippen LogP contribution in [0.15, 0.2) is 36.4 Å². The van der Waals surface area contributed by atoms with Crippen LogP contribution in [0.25, 0.3) is 0 Å². The summed E-state index contributed by atoms with van der Waals surface area (Å²) in [7, 11) is -3.42. The molecule has 0 spiro atoms. The monoisotopic (exact) mass is 495 g/mol. The van der Waals surface area contributed by atoms with Crippen LogP contribution < -0.4 is 15.5 Å². The summed E-state index contributed by atoms with van der Waals surface area (Å²) in [6.07, 6.45) is 2.34. The summed E-state index contributed by atoms with van der Waals surface area (Å²) < 4.78 is 24.8. The van der Waals surface area contributed by atoms with E-state index in [0.29, 0.717) is 27.7 Å². The lowest BCUT2D eigenvalue weighted by Gasteiger charge is -2.27. The quantitative estimate of drug-likeness (QED) is 0.660. The molecule has 11 heteroatoms. The zero-order valence-electron chi connectivity index (χ0n) is 17.0. The van der Waals surface area contributed by atoms with E-state index in [1.807, 2.05) is 0 Å². The molecule has 32 heavy (non-hydrogen) atoms. The van der Waals surface area contributed by atoms with Gasteiger partial charge in [0.2, 0.25) is 5.91 Å². The van der Waals surface area contributed by atoms with Gasteiger partial charge in [-0.3, -0.25) is 14.4 Å². The van der Waals surface area contributed by atoms with Crippen LogP contribution in [0.4, 0.5) is 5.69 Å². The van der Waals surface area contributed by atoms with Crippen molar-refractivity contribution in [1.29, 1.82) is 0 Å². The van der Waals surface area contributed by atoms with Crippen LogP contribution in [-0.2, 0) is 14.6 Å². The number of benzene rings is 1. The molecular formula is C21H22ClN3O5S2. The molecule has 2 aliphatic rings. The van der Waals surface area contributed by atoms with E-state index in [0.717, 1.165) is 29.9 Å². The number of carbonyl (C=O) groups is 3. The Kier molecular flexibility index (Phi) is 6.55. The van der Waals surface area contributed by atoms with Crippen LogP contribution in [0.3, 0.4) is 0 Å². The lowest BCUT2D eigenvalue weighted by molar-refractivity contribution is -0.119. The second-order valence-corrected chi connectivity index (χ2v) is 11.8. The van der Waals surface area contributed by atoms with Crippen molar-refractivity contribution >= 4 is 56.2 Å². The lowest BCUT2D eigenvalue weighted by atomic mass is 10.1. The Labute approximate surface area is 194 Å². The summed E-state index contributed by atoms with van der Waals surface area (Å²) in [5.74, 6) is -1.32. The Morgan fingerprint density at radius 2 is 1.62 bits per heavy atom. The third-order valence-electron chi connectivity index (χ3n) is 5.55. The van der Waals surface area contributed by atoms with Crippen molar-refractivity contribution in [2.75, 3.05) is 23.0 Å². The molecule has 2 N–H and O–H groups in total. The number of thiophene rings is 1. The highest BCUT2D eigenvalue weighted by molar-refractivity contribution is 7.91. The van der Waals surface area contributed by atoms with Gasteiger partial charge in [-0.15, -0.1) is 11.3 Å². The van der Waals surface area contributed by atoms with Gasteiger partial charge in [0.15, 0.2) is 9.84 Å². The van der Waals surface area contributed by atoms with Crippen LogP contribution in [0, 0.1) is 0 Å². The van der Waals surface area contributed by atoms with Crippen molar-refractivity contribution in [2.24, 2.45) is 0 Å². The zero-order chi connectivity index (χ0) is 22.9. The molecule has 2 saturated heterocycles. The number of rotatable bonds is 5. The Hall–Kier alpha value is -2.43. The van der Waals surface area contributed by atoms with Crippen molar-refractivity contribution in [3.8, 4) is 0 Å². The van der Waals surface area contributed by atoms with Crippen molar-refractivity contribution in [3.63, 3.8) is 0 Å². The van der Waals surface area contributed by atoms with Crippen LogP contribution >= 0.6 is 22.9 Å². The van der Waals surface area contributed by atoms with Crippen LogP contribution in [0.2, 0.25) is 4.34 Å². The van der Waals surface area contributed by atoms with E-state index in [1.54, 1.807) is 41.3 Å². The van der Waals surface area contributed by atoms with E-state index < -0.39 is 33.7 Å². The maximum atomic E-state index is 12.8. The molecule has 0 radical (unpaired) electrons. The number of carbonyl (C=O) groups excluding carboxylic acids is 3. The highest BCUT2D eigenvalue weighted by Gasteiger charge is 2.39. The average molecular weight is 496 g/mol. The molecule has 1 aromatic heterocycles. The molecule has 0 aliphatic carbocycles. The number of nitrogens with zero attached hydrogens (tertiary/aromatic N) is 1. The summed E-state index contributed by atoms with van der Waals surface area (Å²) in [6, 6.07) is 8.29. The van der Waals surface area contributed by atoms with E-state index in [-0.39, 0.29) is 17.4 Å². The van der Waals surface area contributed by atoms with E-state index in [2.05, 4.69) is 10.6 Å². The first-order chi connectivity index (χ1) is 15.2. The van der Waals surface area contributed by atoms with Gasteiger partial charge in [-0.2, -0.15) is 0 Å². The molecule has 170 valence electrons. The molecule has 1 aromatic carbocycles. The first-order valence-electron chi connectivity index (χ1n) is 10.2. The molecule has 2 aliphatic heterocycles. The van der Waals surface area contributed by atoms with Crippen LogP contribution in [0.1, 0.15) is 39.3 Å². The number of piperidine rings is 1. The molecule has 0 unspecified atom stereocenters. The van der Waals surface area contributed by atoms with Gasteiger partial charge in [-0.1, -0.05) is 11.6 Å². The van der Waals surface area contributed by atoms with Gasteiger partial charge in [-0.25, -0.2) is 8.42 Å². The van der Waals surface area contributed by atoms with Crippen LogP contribution in [0.5, 0.6) is 0 Å². The molecule has 8 nitrogen and oxygen atoms in total. The maximum Gasteiger partial charge on any atom is 0.261 e. The van der Waals surface area contributed by atoms with Crippen molar-refractivity contribution in [1.82, 2.24) is 10.6 Å². The van der Waals surface area contributed by atoms with Crippen LogP contribution in [-0.4, -0.2) is 56.3 Å². The number of hydrogen-bond acceptors (Lipinski definition) is 6. The normalized spacial score (nSPS) is 22.5. The number of sulfone groups is 1. The van der Waals surface area contributed by atoms with Gasteiger partial charge in [0.1, 0.15) is 0 Å². The Morgan fingerprint density at radius 1 is 0.969 bits per heavy atom. The van der Waals surface area contributed by atoms with Gasteiger partial charge >= 0.3 is 0 Å². The average Bonchev–Trinajstić information content (AvgIpc) is 3.30. The first-order valence-corrected chi connectivity index (χ1v) is 13.2. The Bertz CT molecular complexity index is 1150. The number of amides is 3. The molecule has 2 aromatic rings. The minimum Gasteiger partial charge on any atom is -0.346 e. The molecule has 0 saturated carbocycles. The summed E-state index contributed by atoms with van der Waals surface area (Å²) >= 11 is 6.96. The summed E-state index contributed by atoms with van der Waals surface area (Å²) in [5.41, 5.74) is 1.08. The van der Waals surface area contributed by atoms with E-state index in [4.69, 9.17) is 11.6 Å². The molecule has 3 heterocycles. The fourth-order valence-electron chi connectivity index (χ4n) is 3.93. The molecule has 4 rings (SSSR count). The molecule has 2 fully saturated rings. The topological polar surface area (TPSA) is 113 Å². The van der Waals surface area contributed by atoms with Gasteiger partial charge in [0.25, 0.3) is 11.8 Å². The van der Waals surface area contributed by atoms with Gasteiger partial charge in [0, 0.05) is 24.2 Å². The Balaban J connectivity index is 1.43. The predicted molar refractivity (Wildman–Crippen MR) is 123 cm³/mol. The smallest absolute Gasteiger partial charge is 0.261 e. The molecule has 3 amide bonds. The number of hydrogen-bond donors (Lipinski definition) is 2. The van der Waals surface area contributed by atoms with E-state index >= 15 is 0 Å². The van der Waals surface area contributed by atoms with Crippen molar-refractivity contribution in [3.05, 3.63) is 51.2 Å². The molecule has 0 bridgehead atoms. The summed E-state index contributed by atoms with van der Waals surface area (Å²) in [5, 5.41) is 5.44. The molecule has 2 atom stereocenters. The highest BCUT2D eigenvalue weighted by Crippen LogP contribution is 2.23. The van der Waals surface area contributed by atoms with E-state index in [9.17, 15) is 22.8 Å². The van der Waals surface area contributed by atoms with Crippen molar-refractivity contribution in [2.45, 2.75) is 31.3 Å². The number of anilines is 1. The SMILES string of the molecule is O=C(N[C@@H]1CS(=O)(=O)C[C@@H]1NC(=O)c1ccc(Cl)s1)c1ccc(N2CCCCC2=O)cc1. The fourth-order valence-corrected chi connectivity index (χ4v) is 6.74. The van der Waals surface area contributed by atoms with E-state index in [1.165, 1.54) is 0 Å². The second-order valence-electron chi connectivity index (χ2n) is 7.89. The predicted octanol–water partition coefficient (Wildman–Crippen LogP) is 2.24. The first kappa shape index (κ1) is 22.8. The fraction of sp³-hybridized carbons (Fsp3) is 0.381. The minimum absolute atomic E-state index is 0.0650. The lowest BCUT2D eigenvalue weighted by Crippen LogP contribution is -2.50. The number of nitrogens with one attached hydrogen (secondary N) is 2. The highest BCUT2D eigenvalue weighted by atomic mass is 35.5. The van der Waals surface area contributed by atoms with Gasteiger partial charge < -0.3 is 15.5 Å². The summed E-state index contributed by atoms with van der Waals surface area (Å²) in [6.45, 7) is 0.654. The number of halogens is 1. The van der Waals surface area contributed by atoms with Crippen molar-refractivity contribution < 1.29 is 22.8 Å². The zero-order valence-corrected chi connectivity index (χ0v) is 19.4. The van der Waals surface area contributed by atoms with Gasteiger partial charge in [0.05, 0.1) is 32.8 Å². The third-order valence-corrected chi connectivity index (χ3v) is 8.51. The largest absolute Gasteiger partial charge is 0.346 e. The molecular weight excluding hydrogens is 474 g/mol. The third kappa shape index (κ3) is 5.13. The summed E-state index contributed by atoms with van der Waals surface area (Å²) in [4.78, 5) is 39.3. The minimum atomic E-state index is -3.42. The second kappa shape index (κ2) is 9.21.